The SMILES string of the molecule is CCc1cccc(C)c1NS(=O)(=O)C1=Cc2ccccc2CC1. The van der Waals surface area contributed by atoms with Crippen LogP contribution in [0.4, 0.5) is 5.69 Å². The second-order valence-electron chi connectivity index (χ2n) is 5.88. The maximum absolute atomic E-state index is 12.8. The Hall–Kier alpha value is -2.07. The van der Waals surface area contributed by atoms with Crippen LogP contribution < -0.4 is 4.72 Å². The van der Waals surface area contributed by atoms with E-state index in [9.17, 15) is 8.42 Å². The van der Waals surface area contributed by atoms with Crippen LogP contribution in [0.5, 0.6) is 0 Å². The number of para-hydroxylation sites is 1. The molecule has 2 aromatic rings. The highest BCUT2D eigenvalue weighted by Crippen LogP contribution is 2.30. The van der Waals surface area contributed by atoms with Crippen LogP contribution in [0.15, 0.2) is 47.4 Å². The molecule has 0 bridgehead atoms. The summed E-state index contributed by atoms with van der Waals surface area (Å²) in [5, 5.41) is 0. The molecule has 0 fully saturated rings. The molecule has 1 aliphatic rings. The molecular formula is C19H21NO2S. The van der Waals surface area contributed by atoms with Crippen LogP contribution >= 0.6 is 0 Å². The van der Waals surface area contributed by atoms with Gasteiger partial charge in [-0.3, -0.25) is 4.72 Å². The topological polar surface area (TPSA) is 46.2 Å². The Labute approximate surface area is 138 Å². The van der Waals surface area contributed by atoms with Crippen molar-refractivity contribution in [3.63, 3.8) is 0 Å². The van der Waals surface area contributed by atoms with Crippen LogP contribution in [0.2, 0.25) is 0 Å². The lowest BCUT2D eigenvalue weighted by Crippen LogP contribution is -2.19. The van der Waals surface area contributed by atoms with Gasteiger partial charge in [0.25, 0.3) is 10.0 Å². The van der Waals surface area contributed by atoms with E-state index in [2.05, 4.69) is 10.8 Å². The van der Waals surface area contributed by atoms with Gasteiger partial charge in [0.2, 0.25) is 0 Å². The van der Waals surface area contributed by atoms with Crippen molar-refractivity contribution in [2.75, 3.05) is 4.72 Å². The van der Waals surface area contributed by atoms with Gasteiger partial charge in [0.1, 0.15) is 0 Å². The van der Waals surface area contributed by atoms with Crippen LogP contribution in [-0.4, -0.2) is 8.42 Å². The Balaban J connectivity index is 1.97. The second kappa shape index (κ2) is 6.20. The van der Waals surface area contributed by atoms with E-state index in [1.807, 2.05) is 50.2 Å². The minimum absolute atomic E-state index is 0.460. The third-order valence-electron chi connectivity index (χ3n) is 4.33. The number of nitrogens with one attached hydrogen (secondary N) is 1. The summed E-state index contributed by atoms with van der Waals surface area (Å²) in [6.07, 6.45) is 3.89. The van der Waals surface area contributed by atoms with Crippen LogP contribution in [0.3, 0.4) is 0 Å². The minimum Gasteiger partial charge on any atom is -0.279 e. The molecule has 0 amide bonds. The van der Waals surface area contributed by atoms with Gasteiger partial charge in [0.05, 0.1) is 10.6 Å². The Morgan fingerprint density at radius 2 is 1.83 bits per heavy atom. The minimum atomic E-state index is -3.52. The summed E-state index contributed by atoms with van der Waals surface area (Å²) in [5.41, 5.74) is 4.89. The van der Waals surface area contributed by atoms with E-state index in [4.69, 9.17) is 0 Å². The number of rotatable bonds is 4. The molecule has 0 saturated carbocycles. The van der Waals surface area contributed by atoms with Crippen LogP contribution in [0.1, 0.15) is 35.6 Å². The third kappa shape index (κ3) is 3.17. The average Bonchev–Trinajstić information content (AvgIpc) is 2.56. The van der Waals surface area contributed by atoms with Gasteiger partial charge in [-0.2, -0.15) is 0 Å². The largest absolute Gasteiger partial charge is 0.279 e. The van der Waals surface area contributed by atoms with Crippen molar-refractivity contribution in [3.8, 4) is 0 Å². The molecule has 23 heavy (non-hydrogen) atoms. The smallest absolute Gasteiger partial charge is 0.258 e. The van der Waals surface area contributed by atoms with E-state index in [1.165, 1.54) is 5.56 Å². The van der Waals surface area contributed by atoms with E-state index in [0.717, 1.165) is 35.2 Å². The van der Waals surface area contributed by atoms with Crippen molar-refractivity contribution >= 4 is 21.8 Å². The molecule has 0 atom stereocenters. The Morgan fingerprint density at radius 1 is 1.04 bits per heavy atom. The highest BCUT2D eigenvalue weighted by Gasteiger charge is 2.23. The first-order valence-corrected chi connectivity index (χ1v) is 9.39. The van der Waals surface area contributed by atoms with E-state index < -0.39 is 10.0 Å². The van der Waals surface area contributed by atoms with Crippen molar-refractivity contribution in [1.29, 1.82) is 0 Å². The maximum atomic E-state index is 12.8. The molecule has 0 spiro atoms. The highest BCUT2D eigenvalue weighted by atomic mass is 32.2. The molecule has 3 nitrogen and oxygen atoms in total. The van der Waals surface area contributed by atoms with E-state index in [-0.39, 0.29) is 0 Å². The van der Waals surface area contributed by atoms with Gasteiger partial charge in [-0.1, -0.05) is 49.4 Å². The fourth-order valence-electron chi connectivity index (χ4n) is 2.99. The van der Waals surface area contributed by atoms with E-state index in [0.29, 0.717) is 11.3 Å². The average molecular weight is 327 g/mol. The standard InChI is InChI=1S/C19H21NO2S/c1-3-15-10-6-7-14(2)19(15)20-23(21,22)18-12-11-16-8-4-5-9-17(16)13-18/h4-10,13,20H,3,11-12H2,1-2H3. The molecule has 120 valence electrons. The quantitative estimate of drug-likeness (QED) is 0.910. The lowest BCUT2D eigenvalue weighted by Gasteiger charge is -2.19. The molecule has 0 unspecified atom stereocenters. The van der Waals surface area contributed by atoms with Crippen molar-refractivity contribution in [1.82, 2.24) is 0 Å². The number of hydrogen-bond acceptors (Lipinski definition) is 2. The van der Waals surface area contributed by atoms with Crippen LogP contribution in [0.25, 0.3) is 6.08 Å². The fourth-order valence-corrected chi connectivity index (χ4v) is 4.33. The summed E-state index contributed by atoms with van der Waals surface area (Å²) in [7, 11) is -3.52. The van der Waals surface area contributed by atoms with E-state index >= 15 is 0 Å². The first-order chi connectivity index (χ1) is 11.0. The van der Waals surface area contributed by atoms with Crippen molar-refractivity contribution < 1.29 is 8.42 Å². The molecule has 1 N–H and O–H groups in total. The Morgan fingerprint density at radius 3 is 2.61 bits per heavy atom. The molecule has 0 aliphatic heterocycles. The number of anilines is 1. The molecule has 2 aromatic carbocycles. The van der Waals surface area contributed by atoms with Crippen molar-refractivity contribution in [3.05, 3.63) is 69.6 Å². The first kappa shape index (κ1) is 15.8. The summed E-state index contributed by atoms with van der Waals surface area (Å²) >= 11 is 0. The van der Waals surface area contributed by atoms with Crippen LogP contribution in [-0.2, 0) is 22.9 Å². The number of benzene rings is 2. The molecule has 0 aromatic heterocycles. The lowest BCUT2D eigenvalue weighted by atomic mass is 9.98. The predicted molar refractivity (Wildman–Crippen MR) is 95.8 cm³/mol. The Bertz CT molecular complexity index is 867. The first-order valence-electron chi connectivity index (χ1n) is 7.91. The van der Waals surface area contributed by atoms with Gasteiger partial charge in [-0.15, -0.1) is 0 Å². The molecule has 0 radical (unpaired) electrons. The van der Waals surface area contributed by atoms with Crippen molar-refractivity contribution in [2.24, 2.45) is 0 Å². The second-order valence-corrected chi connectivity index (χ2v) is 7.61. The van der Waals surface area contributed by atoms with Gasteiger partial charge < -0.3 is 0 Å². The van der Waals surface area contributed by atoms with Gasteiger partial charge in [0.15, 0.2) is 0 Å². The van der Waals surface area contributed by atoms with Gasteiger partial charge in [-0.05, 0) is 54.5 Å². The van der Waals surface area contributed by atoms with Gasteiger partial charge in [-0.25, -0.2) is 8.42 Å². The summed E-state index contributed by atoms with van der Waals surface area (Å²) in [4.78, 5) is 0.460. The monoisotopic (exact) mass is 327 g/mol. The van der Waals surface area contributed by atoms with Gasteiger partial charge >= 0.3 is 0 Å². The highest BCUT2D eigenvalue weighted by molar-refractivity contribution is 7.96. The zero-order valence-corrected chi connectivity index (χ0v) is 14.3. The summed E-state index contributed by atoms with van der Waals surface area (Å²) in [6.45, 7) is 3.96. The van der Waals surface area contributed by atoms with E-state index in [1.54, 1.807) is 6.08 Å². The number of allylic oxidation sites excluding steroid dienone is 1. The normalized spacial score (nSPS) is 14.1. The molecule has 1 aliphatic carbocycles. The predicted octanol–water partition coefficient (Wildman–Crippen LogP) is 4.29. The number of fused-ring (bicyclic) bond motifs is 1. The number of hydrogen-bond donors (Lipinski definition) is 1. The Kier molecular flexibility index (Phi) is 4.26. The molecular weight excluding hydrogens is 306 g/mol. The fraction of sp³-hybridized carbons (Fsp3) is 0.263. The molecule has 0 saturated heterocycles. The zero-order valence-electron chi connectivity index (χ0n) is 13.5. The summed E-state index contributed by atoms with van der Waals surface area (Å²) in [5.74, 6) is 0. The number of sulfonamides is 1. The molecule has 0 heterocycles. The van der Waals surface area contributed by atoms with Crippen molar-refractivity contribution in [2.45, 2.75) is 33.1 Å². The maximum Gasteiger partial charge on any atom is 0.258 e. The zero-order chi connectivity index (χ0) is 16.4. The lowest BCUT2D eigenvalue weighted by molar-refractivity contribution is 0.605. The van der Waals surface area contributed by atoms with Gasteiger partial charge in [0, 0.05) is 0 Å². The summed E-state index contributed by atoms with van der Waals surface area (Å²) in [6, 6.07) is 13.8. The number of aryl methyl sites for hydroxylation is 3. The molecule has 3 rings (SSSR count). The molecule has 4 heteroatoms. The van der Waals surface area contributed by atoms with Crippen LogP contribution in [0, 0.1) is 6.92 Å². The third-order valence-corrected chi connectivity index (χ3v) is 5.82. The summed E-state index contributed by atoms with van der Waals surface area (Å²) < 4.78 is 28.4.